The second kappa shape index (κ2) is 5.04. The highest BCUT2D eigenvalue weighted by atomic mass is 14.7. The maximum absolute atomic E-state index is 8.50. The molecule has 0 bridgehead atoms. The summed E-state index contributed by atoms with van der Waals surface area (Å²) in [4.78, 5) is 8.21. The van der Waals surface area contributed by atoms with Crippen molar-refractivity contribution in [3.8, 4) is 6.07 Å². The Kier molecular flexibility index (Phi) is 3.73. The number of allylic oxidation sites excluding steroid dienone is 2. The van der Waals surface area contributed by atoms with E-state index in [1.54, 1.807) is 0 Å². The number of aryl methyl sites for hydroxylation is 2. The van der Waals surface area contributed by atoms with Gasteiger partial charge in [0.2, 0.25) is 0 Å². The van der Waals surface area contributed by atoms with Gasteiger partial charge in [-0.1, -0.05) is 19.2 Å². The largest absolute Gasteiger partial charge is 0.258 e. The van der Waals surface area contributed by atoms with Gasteiger partial charge < -0.3 is 0 Å². The van der Waals surface area contributed by atoms with Crippen LogP contribution in [-0.2, 0) is 0 Å². The van der Waals surface area contributed by atoms with Gasteiger partial charge in [0.1, 0.15) is 11.8 Å². The number of nitriles is 1. The van der Waals surface area contributed by atoms with E-state index < -0.39 is 0 Å². The van der Waals surface area contributed by atoms with Crippen LogP contribution in [-0.4, -0.2) is 11.2 Å². The molecule has 3 heteroatoms. The molecule has 0 spiro atoms. The van der Waals surface area contributed by atoms with Gasteiger partial charge in [-0.3, -0.25) is 4.98 Å². The van der Waals surface area contributed by atoms with Gasteiger partial charge in [-0.2, -0.15) is 5.26 Å². The summed E-state index contributed by atoms with van der Waals surface area (Å²) >= 11 is 0. The van der Waals surface area contributed by atoms with Crippen LogP contribution in [0.1, 0.15) is 17.0 Å². The monoisotopic (exact) mass is 211 g/mol. The summed E-state index contributed by atoms with van der Waals surface area (Å²) in [5, 5.41) is 8.50. The Labute approximate surface area is 95.5 Å². The average molecular weight is 211 g/mol. The lowest BCUT2D eigenvalue weighted by atomic mass is 10.1. The zero-order valence-corrected chi connectivity index (χ0v) is 9.49. The van der Waals surface area contributed by atoms with Crippen molar-refractivity contribution in [2.24, 2.45) is 4.99 Å². The van der Waals surface area contributed by atoms with E-state index in [1.807, 2.05) is 32.0 Å². The second-order valence-corrected chi connectivity index (χ2v) is 3.43. The third-order valence-electron chi connectivity index (χ3n) is 2.08. The van der Waals surface area contributed by atoms with E-state index in [2.05, 4.69) is 23.1 Å². The first-order valence-corrected chi connectivity index (χ1v) is 4.81. The third-order valence-corrected chi connectivity index (χ3v) is 2.08. The molecule has 1 aromatic rings. The standard InChI is InChI=1S/C13H13N3/c1-9(8-15-11(3)7-14)13-6-5-10(2)16-12(13)4/h5-6,8H,1,3H2,2,4H3. The molecule has 16 heavy (non-hydrogen) atoms. The first kappa shape index (κ1) is 11.9. The molecule has 1 aromatic heterocycles. The molecule has 0 aliphatic carbocycles. The van der Waals surface area contributed by atoms with Crippen molar-refractivity contribution >= 4 is 11.8 Å². The topological polar surface area (TPSA) is 49.0 Å². The smallest absolute Gasteiger partial charge is 0.133 e. The van der Waals surface area contributed by atoms with E-state index in [0.717, 1.165) is 22.5 Å². The van der Waals surface area contributed by atoms with Crippen LogP contribution in [0.15, 0.2) is 36.0 Å². The number of aromatic nitrogens is 1. The Hall–Kier alpha value is -2.21. The van der Waals surface area contributed by atoms with E-state index in [-0.39, 0.29) is 5.70 Å². The first-order chi connectivity index (χ1) is 7.54. The number of hydrogen-bond acceptors (Lipinski definition) is 3. The molecule has 0 radical (unpaired) electrons. The van der Waals surface area contributed by atoms with Gasteiger partial charge in [-0.15, -0.1) is 0 Å². The summed E-state index contributed by atoms with van der Waals surface area (Å²) in [6.07, 6.45) is 1.53. The molecule has 0 N–H and O–H groups in total. The molecule has 0 aliphatic rings. The fraction of sp³-hybridized carbons (Fsp3) is 0.154. The van der Waals surface area contributed by atoms with Gasteiger partial charge in [0.25, 0.3) is 0 Å². The molecule has 0 fully saturated rings. The van der Waals surface area contributed by atoms with Crippen LogP contribution >= 0.6 is 0 Å². The highest BCUT2D eigenvalue weighted by Gasteiger charge is 2.02. The van der Waals surface area contributed by atoms with Crippen molar-refractivity contribution in [1.29, 1.82) is 5.26 Å². The lowest BCUT2D eigenvalue weighted by Gasteiger charge is -2.04. The van der Waals surface area contributed by atoms with E-state index >= 15 is 0 Å². The summed E-state index contributed by atoms with van der Waals surface area (Å²) < 4.78 is 0. The summed E-state index contributed by atoms with van der Waals surface area (Å²) in [7, 11) is 0. The summed E-state index contributed by atoms with van der Waals surface area (Å²) in [5.41, 5.74) is 3.69. The number of hydrogen-bond donors (Lipinski definition) is 0. The highest BCUT2D eigenvalue weighted by molar-refractivity contribution is 6.09. The lowest BCUT2D eigenvalue weighted by Crippen LogP contribution is -1.94. The quantitative estimate of drug-likeness (QED) is 0.570. The Morgan fingerprint density at radius 1 is 1.44 bits per heavy atom. The third kappa shape index (κ3) is 2.89. The predicted octanol–water partition coefficient (Wildman–Crippen LogP) is 2.82. The lowest BCUT2D eigenvalue weighted by molar-refractivity contribution is 1.11. The molecular weight excluding hydrogens is 198 g/mol. The van der Waals surface area contributed by atoms with Crippen LogP contribution in [0, 0.1) is 25.2 Å². The van der Waals surface area contributed by atoms with Crippen molar-refractivity contribution in [1.82, 2.24) is 4.98 Å². The molecule has 0 saturated heterocycles. The molecule has 80 valence electrons. The number of rotatable bonds is 3. The van der Waals surface area contributed by atoms with Gasteiger partial charge in [0.15, 0.2) is 0 Å². The van der Waals surface area contributed by atoms with Gasteiger partial charge >= 0.3 is 0 Å². The first-order valence-electron chi connectivity index (χ1n) is 4.81. The molecule has 0 atom stereocenters. The summed E-state index contributed by atoms with van der Waals surface area (Å²) in [5.74, 6) is 0. The van der Waals surface area contributed by atoms with Gasteiger partial charge in [0.05, 0.1) is 0 Å². The zero-order chi connectivity index (χ0) is 12.1. The Morgan fingerprint density at radius 3 is 2.69 bits per heavy atom. The molecule has 3 nitrogen and oxygen atoms in total. The van der Waals surface area contributed by atoms with Crippen LogP contribution in [0.3, 0.4) is 0 Å². The van der Waals surface area contributed by atoms with Crippen LogP contribution in [0.2, 0.25) is 0 Å². The fourth-order valence-electron chi connectivity index (χ4n) is 1.28. The van der Waals surface area contributed by atoms with Crippen molar-refractivity contribution < 1.29 is 0 Å². The summed E-state index contributed by atoms with van der Waals surface area (Å²) in [6.45, 7) is 11.2. The van der Waals surface area contributed by atoms with Crippen molar-refractivity contribution in [3.63, 3.8) is 0 Å². The second-order valence-electron chi connectivity index (χ2n) is 3.43. The van der Waals surface area contributed by atoms with Crippen molar-refractivity contribution in [3.05, 3.63) is 47.9 Å². The molecule has 0 saturated carbocycles. The molecule has 1 rings (SSSR count). The van der Waals surface area contributed by atoms with Crippen molar-refractivity contribution in [2.75, 3.05) is 0 Å². The minimum atomic E-state index is 0.166. The zero-order valence-electron chi connectivity index (χ0n) is 9.49. The molecule has 0 aromatic carbocycles. The molecule has 0 unspecified atom stereocenters. The molecule has 0 aliphatic heterocycles. The van der Waals surface area contributed by atoms with Crippen LogP contribution < -0.4 is 0 Å². The van der Waals surface area contributed by atoms with E-state index in [9.17, 15) is 0 Å². The van der Waals surface area contributed by atoms with Crippen molar-refractivity contribution in [2.45, 2.75) is 13.8 Å². The van der Waals surface area contributed by atoms with E-state index in [0.29, 0.717) is 0 Å². The maximum atomic E-state index is 8.50. The number of nitrogens with zero attached hydrogens (tertiary/aromatic N) is 3. The van der Waals surface area contributed by atoms with E-state index in [4.69, 9.17) is 5.26 Å². The molecule has 1 heterocycles. The minimum Gasteiger partial charge on any atom is -0.258 e. The minimum absolute atomic E-state index is 0.166. The Bertz CT molecular complexity index is 504. The maximum Gasteiger partial charge on any atom is 0.133 e. The predicted molar refractivity (Wildman–Crippen MR) is 66.0 cm³/mol. The Balaban J connectivity index is 2.94. The van der Waals surface area contributed by atoms with Crippen LogP contribution in [0.4, 0.5) is 0 Å². The number of pyridine rings is 1. The number of aliphatic imine (C=N–C) groups is 1. The Morgan fingerprint density at radius 2 is 2.12 bits per heavy atom. The van der Waals surface area contributed by atoms with Crippen LogP contribution in [0.5, 0.6) is 0 Å². The summed E-state index contributed by atoms with van der Waals surface area (Å²) in [6, 6.07) is 5.71. The van der Waals surface area contributed by atoms with Crippen LogP contribution in [0.25, 0.3) is 5.57 Å². The molecular formula is C13H13N3. The highest BCUT2D eigenvalue weighted by Crippen LogP contribution is 2.14. The van der Waals surface area contributed by atoms with Gasteiger partial charge in [0, 0.05) is 23.2 Å². The average Bonchev–Trinajstić information content (AvgIpc) is 2.25. The SMILES string of the molecule is C=C(C#N)N=CC(=C)c1ccc(C)nc1C. The molecule has 0 amide bonds. The van der Waals surface area contributed by atoms with Gasteiger partial charge in [-0.25, -0.2) is 4.99 Å². The normalized spacial score (nSPS) is 10.1. The van der Waals surface area contributed by atoms with Gasteiger partial charge in [-0.05, 0) is 25.5 Å². The fourth-order valence-corrected chi connectivity index (χ4v) is 1.28. The van der Waals surface area contributed by atoms with E-state index in [1.165, 1.54) is 6.21 Å².